The van der Waals surface area contributed by atoms with E-state index in [1.165, 1.54) is 16.6 Å². The summed E-state index contributed by atoms with van der Waals surface area (Å²) in [7, 11) is -1.83. The van der Waals surface area contributed by atoms with Crippen LogP contribution in [0.25, 0.3) is 0 Å². The maximum Gasteiger partial charge on any atom is 0.308 e. The quantitative estimate of drug-likeness (QED) is 0.862. The summed E-state index contributed by atoms with van der Waals surface area (Å²) in [5, 5.41) is 9.02. The van der Waals surface area contributed by atoms with E-state index in [2.05, 4.69) is 0 Å². The summed E-state index contributed by atoms with van der Waals surface area (Å²) >= 11 is 0. The molecule has 0 aliphatic carbocycles. The number of sulfonamides is 1. The van der Waals surface area contributed by atoms with Gasteiger partial charge in [0.25, 0.3) is 0 Å². The topological polar surface area (TPSA) is 79.6 Å². The molecule has 1 N–H and O–H groups in total. The first-order valence-corrected chi connectivity index (χ1v) is 7.11. The van der Waals surface area contributed by atoms with Crippen molar-refractivity contribution in [2.45, 2.75) is 11.8 Å². The van der Waals surface area contributed by atoms with Crippen molar-refractivity contribution in [3.63, 3.8) is 0 Å². The van der Waals surface area contributed by atoms with Crippen molar-refractivity contribution in [1.82, 2.24) is 8.87 Å². The summed E-state index contributed by atoms with van der Waals surface area (Å²) in [5.41, 5.74) is 0. The van der Waals surface area contributed by atoms with Gasteiger partial charge in [0.15, 0.2) is 0 Å². The van der Waals surface area contributed by atoms with Crippen LogP contribution in [0.1, 0.15) is 6.92 Å². The molecule has 0 aromatic carbocycles. The molecular weight excluding hydrogens is 256 g/mol. The van der Waals surface area contributed by atoms with Crippen LogP contribution < -0.4 is 0 Å². The molecule has 0 saturated carbocycles. The van der Waals surface area contributed by atoms with Crippen molar-refractivity contribution in [2.24, 2.45) is 18.9 Å². The van der Waals surface area contributed by atoms with Gasteiger partial charge in [0.2, 0.25) is 10.0 Å². The standard InChI is InChI=1S/C11H16N2O4S/c1-8-5-13(7-10(8)11(14)15)18(16,17)9-3-4-12(2)6-9/h3-4,6,8,10H,5,7H2,1-2H3,(H,14,15)/t8-,10-/m1/s1. The lowest BCUT2D eigenvalue weighted by molar-refractivity contribution is -0.142. The minimum Gasteiger partial charge on any atom is -0.481 e. The lowest BCUT2D eigenvalue weighted by Gasteiger charge is -2.14. The number of carbonyl (C=O) groups is 1. The van der Waals surface area contributed by atoms with Gasteiger partial charge in [-0.05, 0) is 12.0 Å². The molecule has 1 fully saturated rings. The number of nitrogens with zero attached hydrogens (tertiary/aromatic N) is 2. The van der Waals surface area contributed by atoms with Gasteiger partial charge >= 0.3 is 5.97 Å². The maximum absolute atomic E-state index is 12.3. The van der Waals surface area contributed by atoms with E-state index >= 15 is 0 Å². The van der Waals surface area contributed by atoms with E-state index in [4.69, 9.17) is 5.11 Å². The molecular formula is C11H16N2O4S. The smallest absolute Gasteiger partial charge is 0.308 e. The molecule has 0 spiro atoms. The fourth-order valence-corrected chi connectivity index (χ4v) is 3.84. The van der Waals surface area contributed by atoms with E-state index in [-0.39, 0.29) is 23.9 Å². The Kier molecular flexibility index (Phi) is 3.20. The third-order valence-corrected chi connectivity index (χ3v) is 5.15. The molecule has 1 aliphatic heterocycles. The number of carboxylic acids is 1. The van der Waals surface area contributed by atoms with E-state index in [1.807, 2.05) is 0 Å². The zero-order chi connectivity index (χ0) is 13.5. The van der Waals surface area contributed by atoms with Gasteiger partial charge in [0.05, 0.1) is 10.8 Å². The van der Waals surface area contributed by atoms with Gasteiger partial charge in [-0.25, -0.2) is 8.42 Å². The predicted molar refractivity (Wildman–Crippen MR) is 64.5 cm³/mol. The molecule has 1 aliphatic rings. The number of carboxylic acid groups (broad SMARTS) is 1. The number of aliphatic carboxylic acids is 1. The third-order valence-electron chi connectivity index (χ3n) is 3.34. The Morgan fingerprint density at radius 1 is 1.44 bits per heavy atom. The highest BCUT2D eigenvalue weighted by atomic mass is 32.2. The Bertz CT molecular complexity index is 563. The number of hydrogen-bond donors (Lipinski definition) is 1. The fourth-order valence-electron chi connectivity index (χ4n) is 2.22. The van der Waals surface area contributed by atoms with Crippen LogP contribution in [0.3, 0.4) is 0 Å². The first kappa shape index (κ1) is 13.1. The van der Waals surface area contributed by atoms with E-state index < -0.39 is 21.9 Å². The molecule has 7 heteroatoms. The molecule has 18 heavy (non-hydrogen) atoms. The molecule has 1 aromatic heterocycles. The largest absolute Gasteiger partial charge is 0.481 e. The lowest BCUT2D eigenvalue weighted by Crippen LogP contribution is -2.29. The average molecular weight is 272 g/mol. The summed E-state index contributed by atoms with van der Waals surface area (Å²) < 4.78 is 27.5. The Morgan fingerprint density at radius 3 is 2.56 bits per heavy atom. The first-order chi connectivity index (χ1) is 8.32. The molecule has 2 rings (SSSR count). The Hall–Kier alpha value is -1.34. The Morgan fingerprint density at radius 2 is 2.11 bits per heavy atom. The van der Waals surface area contributed by atoms with Crippen LogP contribution in [0.2, 0.25) is 0 Å². The zero-order valence-corrected chi connectivity index (χ0v) is 11.1. The molecule has 0 unspecified atom stereocenters. The molecule has 2 heterocycles. The van der Waals surface area contributed by atoms with Gasteiger partial charge in [-0.3, -0.25) is 4.79 Å². The van der Waals surface area contributed by atoms with Gasteiger partial charge in [0.1, 0.15) is 0 Å². The van der Waals surface area contributed by atoms with Crippen LogP contribution in [0.5, 0.6) is 0 Å². The maximum atomic E-state index is 12.3. The van der Waals surface area contributed by atoms with Crippen molar-refractivity contribution in [2.75, 3.05) is 13.1 Å². The summed E-state index contributed by atoms with van der Waals surface area (Å²) in [6.45, 7) is 2.07. The molecule has 100 valence electrons. The Labute approximate surface area is 106 Å². The summed E-state index contributed by atoms with van der Waals surface area (Å²) in [5.74, 6) is -1.72. The van der Waals surface area contributed by atoms with E-state index in [1.54, 1.807) is 24.7 Å². The number of rotatable bonds is 3. The van der Waals surface area contributed by atoms with E-state index in [9.17, 15) is 13.2 Å². The zero-order valence-electron chi connectivity index (χ0n) is 10.3. The first-order valence-electron chi connectivity index (χ1n) is 5.67. The number of aryl methyl sites for hydroxylation is 1. The molecule has 1 saturated heterocycles. The SMILES string of the molecule is C[C@@H]1CN(S(=O)(=O)c2ccn(C)c2)C[C@H]1C(=O)O. The summed E-state index contributed by atoms with van der Waals surface area (Å²) in [6.07, 6.45) is 3.18. The fraction of sp³-hybridized carbons (Fsp3) is 0.545. The minimum absolute atomic E-state index is 0.0493. The summed E-state index contributed by atoms with van der Waals surface area (Å²) in [4.78, 5) is 11.2. The number of aromatic nitrogens is 1. The summed E-state index contributed by atoms with van der Waals surface area (Å²) in [6, 6.07) is 1.52. The lowest BCUT2D eigenvalue weighted by atomic mass is 9.99. The van der Waals surface area contributed by atoms with E-state index in [0.717, 1.165) is 0 Å². The monoisotopic (exact) mass is 272 g/mol. The normalized spacial score (nSPS) is 25.4. The van der Waals surface area contributed by atoms with Crippen LogP contribution in [-0.4, -0.2) is 41.5 Å². The molecule has 6 nitrogen and oxygen atoms in total. The van der Waals surface area contributed by atoms with Gasteiger partial charge < -0.3 is 9.67 Å². The molecule has 0 amide bonds. The van der Waals surface area contributed by atoms with Crippen molar-refractivity contribution >= 4 is 16.0 Å². The van der Waals surface area contributed by atoms with Gasteiger partial charge in [0, 0.05) is 32.5 Å². The highest BCUT2D eigenvalue weighted by molar-refractivity contribution is 7.89. The van der Waals surface area contributed by atoms with Gasteiger partial charge in [-0.15, -0.1) is 0 Å². The minimum atomic E-state index is -3.57. The molecule has 2 atom stereocenters. The third kappa shape index (κ3) is 2.15. The van der Waals surface area contributed by atoms with Crippen molar-refractivity contribution < 1.29 is 18.3 Å². The second-order valence-corrected chi connectivity index (χ2v) is 6.69. The van der Waals surface area contributed by atoms with Crippen molar-refractivity contribution in [1.29, 1.82) is 0 Å². The van der Waals surface area contributed by atoms with Crippen molar-refractivity contribution in [3.8, 4) is 0 Å². The van der Waals surface area contributed by atoms with Gasteiger partial charge in [-0.1, -0.05) is 6.92 Å². The molecule has 1 aromatic rings. The van der Waals surface area contributed by atoms with Crippen LogP contribution in [-0.2, 0) is 21.9 Å². The molecule has 0 bridgehead atoms. The number of hydrogen-bond acceptors (Lipinski definition) is 3. The highest BCUT2D eigenvalue weighted by Gasteiger charge is 2.40. The van der Waals surface area contributed by atoms with Crippen molar-refractivity contribution in [3.05, 3.63) is 18.5 Å². The van der Waals surface area contributed by atoms with Crippen LogP contribution in [0, 0.1) is 11.8 Å². The Balaban J connectivity index is 2.26. The van der Waals surface area contributed by atoms with Crippen LogP contribution >= 0.6 is 0 Å². The van der Waals surface area contributed by atoms with Crippen LogP contribution in [0.15, 0.2) is 23.4 Å². The second-order valence-electron chi connectivity index (χ2n) is 4.76. The van der Waals surface area contributed by atoms with Gasteiger partial charge in [-0.2, -0.15) is 4.31 Å². The second kappa shape index (κ2) is 4.40. The molecule has 0 radical (unpaired) electrons. The predicted octanol–water partition coefficient (Wildman–Crippen LogP) is 0.366. The highest BCUT2D eigenvalue weighted by Crippen LogP contribution is 2.28. The average Bonchev–Trinajstić information content (AvgIpc) is 2.84. The van der Waals surface area contributed by atoms with E-state index in [0.29, 0.717) is 0 Å². The van der Waals surface area contributed by atoms with Crippen LogP contribution in [0.4, 0.5) is 0 Å².